The van der Waals surface area contributed by atoms with Crippen LogP contribution in [0.5, 0.6) is 0 Å². The maximum Gasteiger partial charge on any atom is 0.306 e. The van der Waals surface area contributed by atoms with E-state index in [-0.39, 0.29) is 11.8 Å². The van der Waals surface area contributed by atoms with Crippen molar-refractivity contribution in [1.29, 1.82) is 0 Å². The molecule has 8 heteroatoms. The highest BCUT2D eigenvalue weighted by Crippen LogP contribution is 2.40. The number of nitrogen functional groups attached to an aromatic ring is 1. The first kappa shape index (κ1) is 19.9. The summed E-state index contributed by atoms with van der Waals surface area (Å²) >= 11 is 3.61. The third-order valence-corrected chi connectivity index (χ3v) is 7.18. The first-order valence-corrected chi connectivity index (χ1v) is 11.1. The van der Waals surface area contributed by atoms with Gasteiger partial charge in [0.2, 0.25) is 0 Å². The lowest BCUT2D eigenvalue weighted by molar-refractivity contribution is -0.142. The zero-order valence-corrected chi connectivity index (χ0v) is 18.6. The van der Waals surface area contributed by atoms with E-state index in [1.807, 2.05) is 18.3 Å². The van der Waals surface area contributed by atoms with Gasteiger partial charge in [0, 0.05) is 28.6 Å². The van der Waals surface area contributed by atoms with Crippen LogP contribution in [0.2, 0.25) is 0 Å². The number of hydrogen-bond acceptors (Lipinski definition) is 5. The number of carboxylic acids is 1. The van der Waals surface area contributed by atoms with Crippen molar-refractivity contribution in [3.05, 3.63) is 52.4 Å². The molecular weight excluding hydrogens is 458 g/mol. The summed E-state index contributed by atoms with van der Waals surface area (Å²) in [5.41, 5.74) is 11.9. The van der Waals surface area contributed by atoms with Gasteiger partial charge < -0.3 is 10.8 Å². The van der Waals surface area contributed by atoms with E-state index < -0.39 is 5.97 Å². The molecule has 1 fully saturated rings. The van der Waals surface area contributed by atoms with Crippen molar-refractivity contribution in [2.45, 2.75) is 38.5 Å². The van der Waals surface area contributed by atoms with Gasteiger partial charge in [-0.2, -0.15) is 9.61 Å². The SMILES string of the molecule is Cc1cccc2ncc(-c3cnn4c(N)c(Br)c(C5CCC(C(=O)O)CC5)nc34)cc12. The molecule has 1 aliphatic carbocycles. The number of pyridine rings is 1. The zero-order chi connectivity index (χ0) is 21.7. The first-order chi connectivity index (χ1) is 14.9. The minimum atomic E-state index is -0.711. The minimum absolute atomic E-state index is 0.164. The molecular formula is C23H22BrN5O2. The number of nitrogens with zero attached hydrogens (tertiary/aromatic N) is 4. The highest BCUT2D eigenvalue weighted by atomic mass is 79.9. The Bertz CT molecular complexity index is 1320. The molecule has 0 aliphatic heterocycles. The first-order valence-electron chi connectivity index (χ1n) is 10.3. The summed E-state index contributed by atoms with van der Waals surface area (Å²) in [6.07, 6.45) is 6.48. The van der Waals surface area contributed by atoms with Gasteiger partial charge in [0.15, 0.2) is 5.65 Å². The topological polar surface area (TPSA) is 106 Å². The molecule has 0 bridgehead atoms. The summed E-state index contributed by atoms with van der Waals surface area (Å²) in [7, 11) is 0. The number of halogens is 1. The van der Waals surface area contributed by atoms with E-state index in [1.165, 1.54) is 0 Å². The summed E-state index contributed by atoms with van der Waals surface area (Å²) in [5.74, 6) is -0.320. The van der Waals surface area contributed by atoms with Crippen LogP contribution in [0.4, 0.5) is 5.82 Å². The van der Waals surface area contributed by atoms with Crippen molar-refractivity contribution in [3.8, 4) is 11.1 Å². The van der Waals surface area contributed by atoms with Gasteiger partial charge in [0.05, 0.1) is 27.8 Å². The molecule has 1 aromatic carbocycles. The van der Waals surface area contributed by atoms with E-state index in [9.17, 15) is 9.90 Å². The van der Waals surface area contributed by atoms with Crippen LogP contribution < -0.4 is 5.73 Å². The number of aliphatic carboxylic acids is 1. The van der Waals surface area contributed by atoms with Crippen molar-refractivity contribution < 1.29 is 9.90 Å². The second kappa shape index (κ2) is 7.60. The number of anilines is 1. The molecule has 0 atom stereocenters. The maximum atomic E-state index is 11.3. The van der Waals surface area contributed by atoms with Gasteiger partial charge in [0.25, 0.3) is 0 Å². The smallest absolute Gasteiger partial charge is 0.306 e. The maximum absolute atomic E-state index is 11.3. The summed E-state index contributed by atoms with van der Waals surface area (Å²) in [4.78, 5) is 20.9. The molecule has 4 aromatic rings. The van der Waals surface area contributed by atoms with Crippen LogP contribution in [0.25, 0.3) is 27.7 Å². The van der Waals surface area contributed by atoms with Gasteiger partial charge in [-0.1, -0.05) is 12.1 Å². The lowest BCUT2D eigenvalue weighted by Gasteiger charge is -2.26. The number of benzene rings is 1. The van der Waals surface area contributed by atoms with Crippen LogP contribution in [0, 0.1) is 12.8 Å². The molecule has 1 saturated carbocycles. The van der Waals surface area contributed by atoms with Crippen molar-refractivity contribution >= 4 is 44.3 Å². The van der Waals surface area contributed by atoms with E-state index in [0.717, 1.165) is 50.6 Å². The largest absolute Gasteiger partial charge is 0.481 e. The molecule has 3 N–H and O–H groups in total. The van der Waals surface area contributed by atoms with Gasteiger partial charge in [-0.15, -0.1) is 0 Å². The predicted octanol–water partition coefficient (Wildman–Crippen LogP) is 4.96. The second-order valence-corrected chi connectivity index (χ2v) is 9.04. The summed E-state index contributed by atoms with van der Waals surface area (Å²) in [6, 6.07) is 8.20. The van der Waals surface area contributed by atoms with Crippen LogP contribution in [0.1, 0.15) is 42.9 Å². The second-order valence-electron chi connectivity index (χ2n) is 8.24. The Hall–Kier alpha value is -3.00. The van der Waals surface area contributed by atoms with Crippen molar-refractivity contribution in [2.75, 3.05) is 5.73 Å². The standard InChI is InChI=1S/C23H22BrN5O2/c1-12-3-2-4-18-16(12)9-15(10-26-18)17-11-27-29-21(25)19(24)20(28-22(17)29)13-5-7-14(8-6-13)23(30)31/h2-4,9-11,13-14H,5-8,25H2,1H3,(H,30,31). The highest BCUT2D eigenvalue weighted by molar-refractivity contribution is 9.10. The minimum Gasteiger partial charge on any atom is -0.481 e. The Morgan fingerprint density at radius 3 is 2.74 bits per heavy atom. The zero-order valence-electron chi connectivity index (χ0n) is 17.0. The third kappa shape index (κ3) is 3.35. The lowest BCUT2D eigenvalue weighted by Crippen LogP contribution is -2.21. The number of aryl methyl sites for hydroxylation is 1. The third-order valence-electron chi connectivity index (χ3n) is 6.37. The number of nitrogens with two attached hydrogens (primary N) is 1. The van der Waals surface area contributed by atoms with E-state index in [2.05, 4.69) is 45.1 Å². The van der Waals surface area contributed by atoms with Crippen LogP contribution in [-0.2, 0) is 4.79 Å². The molecule has 31 heavy (non-hydrogen) atoms. The fourth-order valence-electron chi connectivity index (χ4n) is 4.55. The number of hydrogen-bond donors (Lipinski definition) is 2. The average molecular weight is 480 g/mol. The summed E-state index contributed by atoms with van der Waals surface area (Å²) in [6.45, 7) is 2.07. The van der Waals surface area contributed by atoms with Gasteiger partial charge in [-0.3, -0.25) is 9.78 Å². The fourth-order valence-corrected chi connectivity index (χ4v) is 5.13. The Labute approximate surface area is 187 Å². The van der Waals surface area contributed by atoms with Crippen LogP contribution >= 0.6 is 15.9 Å². The molecule has 7 nitrogen and oxygen atoms in total. The van der Waals surface area contributed by atoms with Gasteiger partial charge in [-0.05, 0) is 66.2 Å². The number of fused-ring (bicyclic) bond motifs is 2. The van der Waals surface area contributed by atoms with Crippen molar-refractivity contribution in [1.82, 2.24) is 19.6 Å². The Morgan fingerprint density at radius 1 is 1.23 bits per heavy atom. The molecule has 0 radical (unpaired) electrons. The Morgan fingerprint density at radius 2 is 2.00 bits per heavy atom. The molecule has 3 heterocycles. The lowest BCUT2D eigenvalue weighted by atomic mass is 9.80. The molecule has 0 amide bonds. The Balaban J connectivity index is 1.60. The van der Waals surface area contributed by atoms with Gasteiger partial charge in [0.1, 0.15) is 5.82 Å². The van der Waals surface area contributed by atoms with E-state index >= 15 is 0 Å². The number of carboxylic acid groups (broad SMARTS) is 1. The molecule has 1 aliphatic rings. The molecule has 5 rings (SSSR count). The summed E-state index contributed by atoms with van der Waals surface area (Å²) in [5, 5.41) is 14.9. The number of aromatic nitrogens is 4. The van der Waals surface area contributed by atoms with E-state index in [0.29, 0.717) is 24.3 Å². The molecule has 0 spiro atoms. The fraction of sp³-hybridized carbons (Fsp3) is 0.304. The molecule has 158 valence electrons. The number of rotatable bonds is 3. The van der Waals surface area contributed by atoms with Crippen molar-refractivity contribution in [2.24, 2.45) is 5.92 Å². The van der Waals surface area contributed by atoms with E-state index in [1.54, 1.807) is 10.7 Å². The van der Waals surface area contributed by atoms with Crippen LogP contribution in [0.15, 0.2) is 41.1 Å². The van der Waals surface area contributed by atoms with Gasteiger partial charge >= 0.3 is 5.97 Å². The summed E-state index contributed by atoms with van der Waals surface area (Å²) < 4.78 is 2.38. The van der Waals surface area contributed by atoms with Crippen LogP contribution in [-0.4, -0.2) is 30.7 Å². The quantitative estimate of drug-likeness (QED) is 0.430. The number of carbonyl (C=O) groups is 1. The highest BCUT2D eigenvalue weighted by Gasteiger charge is 2.30. The molecule has 0 unspecified atom stereocenters. The Kier molecular flexibility index (Phi) is 4.89. The van der Waals surface area contributed by atoms with Gasteiger partial charge in [-0.25, -0.2) is 4.98 Å². The monoisotopic (exact) mass is 479 g/mol. The van der Waals surface area contributed by atoms with E-state index in [4.69, 9.17) is 10.7 Å². The van der Waals surface area contributed by atoms with Crippen molar-refractivity contribution in [3.63, 3.8) is 0 Å². The average Bonchev–Trinajstić information content (AvgIpc) is 3.20. The molecule has 3 aromatic heterocycles. The predicted molar refractivity (Wildman–Crippen MR) is 123 cm³/mol. The molecule has 0 saturated heterocycles. The van der Waals surface area contributed by atoms with Crippen LogP contribution in [0.3, 0.4) is 0 Å². The normalized spacial score (nSPS) is 19.2.